The lowest BCUT2D eigenvalue weighted by Gasteiger charge is -2.32. The molecule has 2 aromatic heterocycles. The van der Waals surface area contributed by atoms with Crippen molar-refractivity contribution in [2.45, 2.75) is 31.6 Å². The fourth-order valence-corrected chi connectivity index (χ4v) is 3.86. The number of likely N-dealkylation sites (tertiary alicyclic amines) is 1. The van der Waals surface area contributed by atoms with E-state index in [2.05, 4.69) is 22.2 Å². The number of aromatic amines is 1. The molecule has 1 aromatic carbocycles. The van der Waals surface area contributed by atoms with Crippen molar-refractivity contribution in [3.63, 3.8) is 0 Å². The third kappa shape index (κ3) is 4.16. The summed E-state index contributed by atoms with van der Waals surface area (Å²) in [5.41, 5.74) is 2.24. The summed E-state index contributed by atoms with van der Waals surface area (Å²) in [6.45, 7) is 2.03. The molecule has 0 bridgehead atoms. The predicted octanol–water partition coefficient (Wildman–Crippen LogP) is 4.27. The van der Waals surface area contributed by atoms with Gasteiger partial charge in [0.05, 0.1) is 6.61 Å². The number of amides is 1. The smallest absolute Gasteiger partial charge is 0.222 e. The van der Waals surface area contributed by atoms with Crippen molar-refractivity contribution >= 4 is 16.9 Å². The van der Waals surface area contributed by atoms with Crippen molar-refractivity contribution < 1.29 is 13.9 Å². The average Bonchev–Trinajstić information content (AvgIpc) is 3.17. The number of fused-ring (bicyclic) bond motifs is 1. The molecule has 0 spiro atoms. The molecule has 3 heterocycles. The summed E-state index contributed by atoms with van der Waals surface area (Å²) < 4.78 is 18.4. The van der Waals surface area contributed by atoms with E-state index in [1.807, 2.05) is 11.0 Å². The molecule has 0 atom stereocenters. The quantitative estimate of drug-likeness (QED) is 0.649. The number of pyridine rings is 1. The van der Waals surface area contributed by atoms with Gasteiger partial charge in [-0.05, 0) is 67.1 Å². The molecule has 0 unspecified atom stereocenters. The van der Waals surface area contributed by atoms with Crippen molar-refractivity contribution in [1.29, 1.82) is 0 Å². The molecule has 1 fully saturated rings. The van der Waals surface area contributed by atoms with E-state index in [1.165, 1.54) is 23.1 Å². The number of hydrogen-bond acceptors (Lipinski definition) is 3. The van der Waals surface area contributed by atoms with Crippen molar-refractivity contribution in [3.05, 3.63) is 60.2 Å². The minimum Gasteiger partial charge on any atom is -0.494 e. The van der Waals surface area contributed by atoms with Crippen LogP contribution in [0.2, 0.25) is 0 Å². The standard InChI is InChI=1S/C22H24FN3O2/c23-17-5-7-18(8-6-17)28-14-2-4-21(27)26-12-9-16(10-13-26)20-15-25-22-19(20)3-1-11-24-22/h1,3,5-8,11,15-16H,2,4,9-10,12-14H2,(H,24,25). The Morgan fingerprint density at radius 3 is 2.79 bits per heavy atom. The number of nitrogens with zero attached hydrogens (tertiary/aromatic N) is 2. The number of carbonyl (C=O) groups excluding carboxylic acids is 1. The largest absolute Gasteiger partial charge is 0.494 e. The lowest BCUT2D eigenvalue weighted by Crippen LogP contribution is -2.37. The second-order valence-corrected chi connectivity index (χ2v) is 7.20. The highest BCUT2D eigenvalue weighted by atomic mass is 19.1. The maximum Gasteiger partial charge on any atom is 0.222 e. The van der Waals surface area contributed by atoms with Gasteiger partial charge in [0.2, 0.25) is 5.91 Å². The summed E-state index contributed by atoms with van der Waals surface area (Å²) in [6.07, 6.45) is 6.93. The van der Waals surface area contributed by atoms with Crippen LogP contribution in [0.1, 0.15) is 37.2 Å². The van der Waals surface area contributed by atoms with Crippen LogP contribution in [-0.4, -0.2) is 40.5 Å². The fraction of sp³-hybridized carbons (Fsp3) is 0.364. The zero-order valence-electron chi connectivity index (χ0n) is 15.7. The fourth-order valence-electron chi connectivity index (χ4n) is 3.86. The Morgan fingerprint density at radius 1 is 1.21 bits per heavy atom. The van der Waals surface area contributed by atoms with Crippen LogP contribution in [0, 0.1) is 5.82 Å². The van der Waals surface area contributed by atoms with Crippen LogP contribution in [0.5, 0.6) is 5.75 Å². The molecule has 0 aliphatic carbocycles. The monoisotopic (exact) mass is 381 g/mol. The van der Waals surface area contributed by atoms with Crippen LogP contribution in [-0.2, 0) is 4.79 Å². The predicted molar refractivity (Wildman–Crippen MR) is 106 cm³/mol. The van der Waals surface area contributed by atoms with Crippen LogP contribution in [0.15, 0.2) is 48.8 Å². The van der Waals surface area contributed by atoms with Crippen LogP contribution in [0.3, 0.4) is 0 Å². The molecule has 5 nitrogen and oxygen atoms in total. The number of hydrogen-bond donors (Lipinski definition) is 1. The van der Waals surface area contributed by atoms with E-state index in [4.69, 9.17) is 4.74 Å². The summed E-state index contributed by atoms with van der Waals surface area (Å²) >= 11 is 0. The van der Waals surface area contributed by atoms with Crippen LogP contribution >= 0.6 is 0 Å². The number of halogens is 1. The first kappa shape index (κ1) is 18.5. The number of aromatic nitrogens is 2. The van der Waals surface area contributed by atoms with Gasteiger partial charge in [-0.3, -0.25) is 4.79 Å². The molecular formula is C22H24FN3O2. The Bertz CT molecular complexity index is 930. The van der Waals surface area contributed by atoms with Gasteiger partial charge in [0.15, 0.2) is 0 Å². The zero-order valence-corrected chi connectivity index (χ0v) is 15.7. The van der Waals surface area contributed by atoms with E-state index in [9.17, 15) is 9.18 Å². The summed E-state index contributed by atoms with van der Waals surface area (Å²) in [4.78, 5) is 22.0. The van der Waals surface area contributed by atoms with Crippen molar-refractivity contribution in [1.82, 2.24) is 14.9 Å². The molecule has 3 aromatic rings. The number of H-pyrrole nitrogens is 1. The van der Waals surface area contributed by atoms with Gasteiger partial charge in [-0.15, -0.1) is 0 Å². The molecule has 1 N–H and O–H groups in total. The Kier molecular flexibility index (Phi) is 5.55. The second kappa shape index (κ2) is 8.42. The summed E-state index contributed by atoms with van der Waals surface area (Å²) in [6, 6.07) is 10.0. The first-order valence-corrected chi connectivity index (χ1v) is 9.79. The van der Waals surface area contributed by atoms with Crippen LogP contribution < -0.4 is 4.74 Å². The topological polar surface area (TPSA) is 58.2 Å². The Balaban J connectivity index is 1.22. The van der Waals surface area contributed by atoms with Crippen LogP contribution in [0.4, 0.5) is 4.39 Å². The SMILES string of the molecule is O=C(CCCOc1ccc(F)cc1)N1CCC(c2c[nH]c3ncccc23)CC1. The van der Waals surface area contributed by atoms with Crippen LogP contribution in [0.25, 0.3) is 11.0 Å². The van der Waals surface area contributed by atoms with Gasteiger partial charge >= 0.3 is 0 Å². The number of benzene rings is 1. The first-order valence-electron chi connectivity index (χ1n) is 9.79. The molecule has 1 aliphatic rings. The molecule has 1 aliphatic heterocycles. The van der Waals surface area contributed by atoms with Gasteiger partial charge in [-0.25, -0.2) is 9.37 Å². The summed E-state index contributed by atoms with van der Waals surface area (Å²) in [5, 5.41) is 1.19. The number of piperidine rings is 1. The Labute approximate surface area is 163 Å². The third-order valence-electron chi connectivity index (χ3n) is 5.39. The molecular weight excluding hydrogens is 357 g/mol. The normalized spacial score (nSPS) is 15.1. The van der Waals surface area contributed by atoms with Gasteiger partial charge in [-0.2, -0.15) is 0 Å². The van der Waals surface area contributed by atoms with Crippen molar-refractivity contribution in [3.8, 4) is 5.75 Å². The summed E-state index contributed by atoms with van der Waals surface area (Å²) in [7, 11) is 0. The lowest BCUT2D eigenvalue weighted by atomic mass is 9.89. The van der Waals surface area contributed by atoms with Gasteiger partial charge in [0, 0.05) is 37.3 Å². The molecule has 0 radical (unpaired) electrons. The average molecular weight is 381 g/mol. The van der Waals surface area contributed by atoms with Gasteiger partial charge in [-0.1, -0.05) is 0 Å². The number of rotatable bonds is 6. The molecule has 1 saturated heterocycles. The van der Waals surface area contributed by atoms with E-state index in [0.717, 1.165) is 31.6 Å². The maximum atomic E-state index is 12.9. The number of nitrogens with one attached hydrogen (secondary N) is 1. The highest BCUT2D eigenvalue weighted by Crippen LogP contribution is 2.32. The summed E-state index contributed by atoms with van der Waals surface area (Å²) in [5.74, 6) is 0.989. The molecule has 146 valence electrons. The minimum absolute atomic E-state index is 0.182. The molecule has 28 heavy (non-hydrogen) atoms. The highest BCUT2D eigenvalue weighted by molar-refractivity contribution is 5.80. The van der Waals surface area contributed by atoms with Gasteiger partial charge in [0.1, 0.15) is 17.2 Å². The van der Waals surface area contributed by atoms with E-state index in [0.29, 0.717) is 31.1 Å². The van der Waals surface area contributed by atoms with E-state index in [-0.39, 0.29) is 11.7 Å². The highest BCUT2D eigenvalue weighted by Gasteiger charge is 2.25. The van der Waals surface area contributed by atoms with Crippen molar-refractivity contribution in [2.75, 3.05) is 19.7 Å². The minimum atomic E-state index is -0.283. The molecule has 6 heteroatoms. The molecule has 0 saturated carbocycles. The van der Waals surface area contributed by atoms with Crippen molar-refractivity contribution in [2.24, 2.45) is 0 Å². The second-order valence-electron chi connectivity index (χ2n) is 7.20. The van der Waals surface area contributed by atoms with E-state index >= 15 is 0 Å². The van der Waals surface area contributed by atoms with Gasteiger partial charge in [0.25, 0.3) is 0 Å². The van der Waals surface area contributed by atoms with E-state index < -0.39 is 0 Å². The third-order valence-corrected chi connectivity index (χ3v) is 5.39. The first-order chi connectivity index (χ1) is 13.7. The number of carbonyl (C=O) groups is 1. The number of ether oxygens (including phenoxy) is 1. The van der Waals surface area contributed by atoms with Gasteiger partial charge < -0.3 is 14.6 Å². The lowest BCUT2D eigenvalue weighted by molar-refractivity contribution is -0.132. The Hall–Kier alpha value is -2.89. The molecule has 1 amide bonds. The maximum absolute atomic E-state index is 12.9. The zero-order chi connectivity index (χ0) is 19.3. The molecule has 4 rings (SSSR count). The Morgan fingerprint density at radius 2 is 2.00 bits per heavy atom. The van der Waals surface area contributed by atoms with E-state index in [1.54, 1.807) is 18.3 Å².